The van der Waals surface area contributed by atoms with Crippen molar-refractivity contribution in [2.24, 2.45) is 0 Å². The molecule has 0 aliphatic carbocycles. The van der Waals surface area contributed by atoms with Gasteiger partial charge in [0.2, 0.25) is 0 Å². The molecule has 2 atom stereocenters. The summed E-state index contributed by atoms with van der Waals surface area (Å²) in [4.78, 5) is 13.6. The van der Waals surface area contributed by atoms with E-state index in [0.29, 0.717) is 0 Å². The molecule has 0 spiro atoms. The number of amides is 1. The van der Waals surface area contributed by atoms with E-state index in [9.17, 15) is 4.79 Å². The largest absolute Gasteiger partial charge is 0.497 e. The molecule has 0 aliphatic heterocycles. The molecule has 0 saturated heterocycles. The number of nitrogens with one attached hydrogen (secondary N) is 2. The van der Waals surface area contributed by atoms with Gasteiger partial charge >= 0.3 is 0 Å². The Kier molecular flexibility index (Phi) is 6.38. The van der Waals surface area contributed by atoms with Crippen molar-refractivity contribution >= 4 is 11.6 Å². The van der Waals surface area contributed by atoms with Crippen molar-refractivity contribution < 1.29 is 14.4 Å². The van der Waals surface area contributed by atoms with Crippen molar-refractivity contribution in [3.8, 4) is 5.75 Å². The summed E-state index contributed by atoms with van der Waals surface area (Å²) in [7, 11) is 3.69. The van der Waals surface area contributed by atoms with E-state index in [2.05, 4.69) is 18.3 Å². The van der Waals surface area contributed by atoms with Gasteiger partial charge in [0.05, 0.1) is 14.2 Å². The van der Waals surface area contributed by atoms with Gasteiger partial charge in [0.15, 0.2) is 6.04 Å². The number of ether oxygens (including phenoxy) is 1. The molecule has 0 heterocycles. The maximum absolute atomic E-state index is 12.5. The molecular formula is C20H27N2O2+. The third-order valence-corrected chi connectivity index (χ3v) is 4.38. The molecular weight excluding hydrogens is 300 g/mol. The van der Waals surface area contributed by atoms with E-state index in [1.54, 1.807) is 7.11 Å². The third kappa shape index (κ3) is 4.83. The highest BCUT2D eigenvalue weighted by molar-refractivity contribution is 5.93. The van der Waals surface area contributed by atoms with Crippen molar-refractivity contribution in [1.29, 1.82) is 0 Å². The summed E-state index contributed by atoms with van der Waals surface area (Å²) in [6.45, 7) is 4.83. The Hall–Kier alpha value is -2.33. The maximum Gasteiger partial charge on any atom is 0.282 e. The summed E-state index contributed by atoms with van der Waals surface area (Å²) in [5, 5.41) is 3.00. The van der Waals surface area contributed by atoms with Crippen LogP contribution < -0.4 is 15.0 Å². The van der Waals surface area contributed by atoms with Gasteiger partial charge in [0, 0.05) is 11.3 Å². The van der Waals surface area contributed by atoms with Gasteiger partial charge in [-0.05, 0) is 43.2 Å². The normalized spacial score (nSPS) is 13.2. The molecule has 0 saturated carbocycles. The number of benzene rings is 2. The van der Waals surface area contributed by atoms with E-state index < -0.39 is 0 Å². The van der Waals surface area contributed by atoms with Gasteiger partial charge in [-0.25, -0.2) is 0 Å². The van der Waals surface area contributed by atoms with Gasteiger partial charge in [-0.1, -0.05) is 31.2 Å². The molecule has 0 bridgehead atoms. The van der Waals surface area contributed by atoms with Gasteiger partial charge < -0.3 is 15.0 Å². The summed E-state index contributed by atoms with van der Waals surface area (Å²) in [6, 6.07) is 15.8. The molecule has 2 N–H and O–H groups in total. The van der Waals surface area contributed by atoms with Crippen molar-refractivity contribution in [3.05, 3.63) is 59.7 Å². The van der Waals surface area contributed by atoms with Crippen molar-refractivity contribution in [3.63, 3.8) is 0 Å². The summed E-state index contributed by atoms with van der Waals surface area (Å²) >= 11 is 0. The summed E-state index contributed by atoms with van der Waals surface area (Å²) in [5.41, 5.74) is 3.26. The highest BCUT2D eigenvalue weighted by Crippen LogP contribution is 2.12. The topological polar surface area (TPSA) is 42.8 Å². The number of aryl methyl sites for hydroxylation is 1. The maximum atomic E-state index is 12.5. The van der Waals surface area contributed by atoms with Crippen LogP contribution in [0.25, 0.3) is 0 Å². The van der Waals surface area contributed by atoms with Gasteiger partial charge in [0.1, 0.15) is 12.3 Å². The van der Waals surface area contributed by atoms with Crippen LogP contribution in [0.15, 0.2) is 48.5 Å². The highest BCUT2D eigenvalue weighted by atomic mass is 16.5. The lowest BCUT2D eigenvalue weighted by molar-refractivity contribution is -0.907. The zero-order valence-corrected chi connectivity index (χ0v) is 14.9. The molecule has 2 aromatic carbocycles. The fraction of sp³-hybridized carbons (Fsp3) is 0.350. The SMILES string of the molecule is CCc1ccc(NC(=O)[C@@H](C)[NH+](C)Cc2cccc(OC)c2)cc1. The van der Waals surface area contributed by atoms with Crippen molar-refractivity contribution in [2.45, 2.75) is 32.9 Å². The summed E-state index contributed by atoms with van der Waals surface area (Å²) in [6.07, 6.45) is 0.998. The number of likely N-dealkylation sites (N-methyl/N-ethyl adjacent to an activating group) is 1. The van der Waals surface area contributed by atoms with Crippen molar-refractivity contribution in [2.75, 3.05) is 19.5 Å². The average Bonchev–Trinajstić information content (AvgIpc) is 2.61. The molecule has 0 fully saturated rings. The number of carbonyl (C=O) groups is 1. The Bertz CT molecular complexity index is 668. The summed E-state index contributed by atoms with van der Waals surface area (Å²) in [5.74, 6) is 0.869. The molecule has 128 valence electrons. The zero-order valence-electron chi connectivity index (χ0n) is 14.9. The first kappa shape index (κ1) is 18.0. The van der Waals surface area contributed by atoms with Crippen LogP contribution in [0.2, 0.25) is 0 Å². The fourth-order valence-corrected chi connectivity index (χ4v) is 2.56. The standard InChI is InChI=1S/C20H26N2O2/c1-5-16-9-11-18(12-10-16)21-20(23)15(2)22(3)14-17-7-6-8-19(13-17)24-4/h6-13,15H,5,14H2,1-4H3,(H,21,23)/p+1/t15-/m1/s1. The van der Waals surface area contributed by atoms with Crippen LogP contribution in [0.5, 0.6) is 5.75 Å². The molecule has 1 amide bonds. The Labute approximate surface area is 144 Å². The van der Waals surface area contributed by atoms with E-state index in [4.69, 9.17) is 4.74 Å². The Balaban J connectivity index is 1.95. The average molecular weight is 327 g/mol. The molecule has 2 aromatic rings. The second-order valence-corrected chi connectivity index (χ2v) is 6.14. The van der Waals surface area contributed by atoms with Crippen LogP contribution in [0.4, 0.5) is 5.69 Å². The Morgan fingerprint density at radius 2 is 1.88 bits per heavy atom. The first-order valence-corrected chi connectivity index (χ1v) is 8.38. The van der Waals surface area contributed by atoms with Gasteiger partial charge in [0.25, 0.3) is 5.91 Å². The molecule has 24 heavy (non-hydrogen) atoms. The first-order chi connectivity index (χ1) is 11.5. The van der Waals surface area contributed by atoms with Gasteiger partial charge in [-0.2, -0.15) is 0 Å². The number of hydrogen-bond donors (Lipinski definition) is 2. The van der Waals surface area contributed by atoms with Crippen LogP contribution in [0, 0.1) is 0 Å². The van der Waals surface area contributed by atoms with Crippen LogP contribution in [0.3, 0.4) is 0 Å². The predicted molar refractivity (Wildman–Crippen MR) is 97.5 cm³/mol. The second kappa shape index (κ2) is 8.50. The monoisotopic (exact) mass is 327 g/mol. The first-order valence-electron chi connectivity index (χ1n) is 8.38. The molecule has 4 nitrogen and oxygen atoms in total. The number of hydrogen-bond acceptors (Lipinski definition) is 2. The summed E-state index contributed by atoms with van der Waals surface area (Å²) < 4.78 is 5.25. The minimum atomic E-state index is -0.151. The lowest BCUT2D eigenvalue weighted by Gasteiger charge is -2.21. The van der Waals surface area contributed by atoms with Crippen LogP contribution in [0.1, 0.15) is 25.0 Å². The molecule has 2 rings (SSSR count). The quantitative estimate of drug-likeness (QED) is 0.819. The highest BCUT2D eigenvalue weighted by Gasteiger charge is 2.22. The number of rotatable bonds is 7. The van der Waals surface area contributed by atoms with Gasteiger partial charge in [-0.3, -0.25) is 4.79 Å². The van der Waals surface area contributed by atoms with Crippen LogP contribution in [-0.4, -0.2) is 26.1 Å². The molecule has 0 aromatic heterocycles. The van der Waals surface area contributed by atoms with E-state index in [0.717, 1.165) is 34.9 Å². The van der Waals surface area contributed by atoms with Crippen molar-refractivity contribution in [1.82, 2.24) is 0 Å². The number of carbonyl (C=O) groups excluding carboxylic acids is 1. The van der Waals surface area contributed by atoms with Crippen LogP contribution >= 0.6 is 0 Å². The molecule has 4 heteroatoms. The Morgan fingerprint density at radius 3 is 2.50 bits per heavy atom. The van der Waals surface area contributed by atoms with Gasteiger partial charge in [-0.15, -0.1) is 0 Å². The number of quaternary nitrogens is 1. The lowest BCUT2D eigenvalue weighted by Crippen LogP contribution is -3.12. The van der Waals surface area contributed by atoms with E-state index >= 15 is 0 Å². The minimum absolute atomic E-state index is 0.0274. The Morgan fingerprint density at radius 1 is 1.17 bits per heavy atom. The van der Waals surface area contributed by atoms with E-state index in [1.807, 2.05) is 56.4 Å². The van der Waals surface area contributed by atoms with E-state index in [1.165, 1.54) is 5.56 Å². The molecule has 0 radical (unpaired) electrons. The zero-order chi connectivity index (χ0) is 17.5. The smallest absolute Gasteiger partial charge is 0.282 e. The third-order valence-electron chi connectivity index (χ3n) is 4.38. The lowest BCUT2D eigenvalue weighted by atomic mass is 10.1. The predicted octanol–water partition coefficient (Wildman–Crippen LogP) is 2.30. The number of methoxy groups -OCH3 is 1. The second-order valence-electron chi connectivity index (χ2n) is 6.14. The van der Waals surface area contributed by atoms with E-state index in [-0.39, 0.29) is 11.9 Å². The molecule has 0 aliphatic rings. The molecule has 1 unspecified atom stereocenters. The fourth-order valence-electron chi connectivity index (χ4n) is 2.56. The minimum Gasteiger partial charge on any atom is -0.497 e. The number of anilines is 1. The van der Waals surface area contributed by atoms with Crippen LogP contribution in [-0.2, 0) is 17.8 Å².